The zero-order valence-electron chi connectivity index (χ0n) is 30.3. The Morgan fingerprint density at radius 1 is 0.426 bits per heavy atom. The fourth-order valence-electron chi connectivity index (χ4n) is 9.93. The summed E-state index contributed by atoms with van der Waals surface area (Å²) in [6.07, 6.45) is 0. The molecule has 0 atom stereocenters. The van der Waals surface area contributed by atoms with E-state index in [1.807, 2.05) is 0 Å². The van der Waals surface area contributed by atoms with E-state index in [9.17, 15) is 0 Å². The van der Waals surface area contributed by atoms with Crippen molar-refractivity contribution in [3.63, 3.8) is 0 Å². The predicted octanol–water partition coefficient (Wildman–Crippen LogP) is 13.7. The van der Waals surface area contributed by atoms with Gasteiger partial charge in [0.1, 0.15) is 11.2 Å². The third kappa shape index (κ3) is 4.11. The molecule has 0 amide bonds. The van der Waals surface area contributed by atoms with Gasteiger partial charge < -0.3 is 9.32 Å². The summed E-state index contributed by atoms with van der Waals surface area (Å²) >= 11 is 0. The van der Waals surface area contributed by atoms with E-state index in [4.69, 9.17) is 4.42 Å². The van der Waals surface area contributed by atoms with Crippen LogP contribution in [0.1, 0.15) is 47.2 Å². The van der Waals surface area contributed by atoms with Gasteiger partial charge >= 0.3 is 0 Å². The maximum Gasteiger partial charge on any atom is 0.137 e. The zero-order chi connectivity index (χ0) is 36.0. The summed E-state index contributed by atoms with van der Waals surface area (Å²) in [5.74, 6) is 0. The van der Waals surface area contributed by atoms with Crippen molar-refractivity contribution >= 4 is 39.0 Å². The average Bonchev–Trinajstić information content (AvgIpc) is 3.83. The van der Waals surface area contributed by atoms with Gasteiger partial charge in [0, 0.05) is 16.5 Å². The summed E-state index contributed by atoms with van der Waals surface area (Å²) in [5.41, 5.74) is 17.3. The highest BCUT2D eigenvalue weighted by molar-refractivity contribution is 6.13. The number of anilines is 3. The Morgan fingerprint density at radius 2 is 0.981 bits per heavy atom. The standard InChI is InChI=1S/C52H37NO/c1-51(2)42-25-12-9-22-38(42)40-24-15-28-46(50(40)51)53(45-27-16-30-48-49(45)41-23-11-14-29-47(41)54-48)36-31-32-39-37-21-10-13-26-43(37)52(44(39)33-36,34-17-5-3-6-18-34)35-19-7-4-8-20-35/h3-33H,1-2H3. The summed E-state index contributed by atoms with van der Waals surface area (Å²) in [6, 6.07) is 69.0. The molecule has 2 nitrogen and oxygen atoms in total. The minimum Gasteiger partial charge on any atom is -0.456 e. The van der Waals surface area contributed by atoms with Crippen molar-refractivity contribution < 1.29 is 4.42 Å². The summed E-state index contributed by atoms with van der Waals surface area (Å²) in [4.78, 5) is 2.51. The molecule has 1 heterocycles. The van der Waals surface area contributed by atoms with Crippen LogP contribution < -0.4 is 4.90 Å². The minimum absolute atomic E-state index is 0.224. The highest BCUT2D eigenvalue weighted by Crippen LogP contribution is 2.59. The van der Waals surface area contributed by atoms with Gasteiger partial charge in [0.15, 0.2) is 0 Å². The fourth-order valence-corrected chi connectivity index (χ4v) is 9.93. The lowest BCUT2D eigenvalue weighted by Crippen LogP contribution is -2.28. The van der Waals surface area contributed by atoms with E-state index >= 15 is 0 Å². The number of benzene rings is 8. The van der Waals surface area contributed by atoms with Crippen molar-refractivity contribution in [3.8, 4) is 22.3 Å². The smallest absolute Gasteiger partial charge is 0.137 e. The van der Waals surface area contributed by atoms with Crippen molar-refractivity contribution in [1.29, 1.82) is 0 Å². The van der Waals surface area contributed by atoms with Crippen molar-refractivity contribution in [2.75, 3.05) is 4.90 Å². The van der Waals surface area contributed by atoms with Crippen molar-refractivity contribution in [2.45, 2.75) is 24.7 Å². The first-order valence-electron chi connectivity index (χ1n) is 18.9. The second kappa shape index (κ2) is 11.4. The number of fused-ring (bicyclic) bond motifs is 9. The van der Waals surface area contributed by atoms with Crippen LogP contribution in [0.5, 0.6) is 0 Å². The molecule has 0 spiro atoms. The van der Waals surface area contributed by atoms with Gasteiger partial charge in [-0.05, 0) is 92.0 Å². The number of para-hydroxylation sites is 1. The molecule has 11 rings (SSSR count). The van der Waals surface area contributed by atoms with E-state index in [0.717, 1.165) is 33.3 Å². The Hall–Kier alpha value is -6.64. The zero-order valence-corrected chi connectivity index (χ0v) is 30.3. The van der Waals surface area contributed by atoms with Crippen LogP contribution in [0.25, 0.3) is 44.2 Å². The van der Waals surface area contributed by atoms with Crippen LogP contribution in [-0.2, 0) is 10.8 Å². The Balaban J connectivity index is 1.26. The van der Waals surface area contributed by atoms with Crippen LogP contribution in [0.3, 0.4) is 0 Å². The first kappa shape index (κ1) is 30.9. The van der Waals surface area contributed by atoms with Gasteiger partial charge in [0.05, 0.1) is 22.2 Å². The molecule has 0 fully saturated rings. The second-order valence-electron chi connectivity index (χ2n) is 15.2. The van der Waals surface area contributed by atoms with Gasteiger partial charge in [-0.3, -0.25) is 0 Å². The molecule has 0 saturated heterocycles. The number of nitrogens with zero attached hydrogens (tertiary/aromatic N) is 1. The molecule has 0 bridgehead atoms. The topological polar surface area (TPSA) is 16.4 Å². The molecule has 2 aliphatic carbocycles. The normalized spacial score (nSPS) is 14.4. The first-order chi connectivity index (χ1) is 26.6. The van der Waals surface area contributed by atoms with E-state index < -0.39 is 5.41 Å². The quantitative estimate of drug-likeness (QED) is 0.179. The molecular weight excluding hydrogens is 655 g/mol. The van der Waals surface area contributed by atoms with Crippen LogP contribution in [0, 0.1) is 0 Å². The number of hydrogen-bond acceptors (Lipinski definition) is 2. The highest BCUT2D eigenvalue weighted by Gasteiger charge is 2.47. The van der Waals surface area contributed by atoms with Crippen LogP contribution >= 0.6 is 0 Å². The molecule has 0 radical (unpaired) electrons. The highest BCUT2D eigenvalue weighted by atomic mass is 16.3. The average molecular weight is 692 g/mol. The van der Waals surface area contributed by atoms with Gasteiger partial charge in [-0.2, -0.15) is 0 Å². The number of hydrogen-bond donors (Lipinski definition) is 0. The van der Waals surface area contributed by atoms with Crippen LogP contribution in [0.4, 0.5) is 17.1 Å². The molecule has 2 heteroatoms. The Bertz CT molecular complexity index is 2880. The van der Waals surface area contributed by atoms with E-state index in [1.54, 1.807) is 0 Å². The Labute approximate surface area is 315 Å². The molecule has 0 N–H and O–H groups in total. The molecule has 8 aromatic carbocycles. The molecule has 0 aliphatic heterocycles. The number of furan rings is 1. The Morgan fingerprint density at radius 3 is 1.74 bits per heavy atom. The molecule has 54 heavy (non-hydrogen) atoms. The summed E-state index contributed by atoms with van der Waals surface area (Å²) < 4.78 is 6.54. The molecule has 2 aliphatic rings. The van der Waals surface area contributed by atoms with Gasteiger partial charge in [0.25, 0.3) is 0 Å². The van der Waals surface area contributed by atoms with Gasteiger partial charge in [-0.1, -0.05) is 166 Å². The van der Waals surface area contributed by atoms with E-state index in [-0.39, 0.29) is 5.41 Å². The largest absolute Gasteiger partial charge is 0.456 e. The van der Waals surface area contributed by atoms with E-state index in [2.05, 4.69) is 207 Å². The van der Waals surface area contributed by atoms with E-state index in [0.29, 0.717) is 0 Å². The SMILES string of the molecule is CC1(C)c2ccccc2-c2cccc(N(c3ccc4c(c3)C(c3ccccc3)(c3ccccc3)c3ccccc3-4)c3cccc4oc5ccccc5c34)c21. The Kier molecular flexibility index (Phi) is 6.55. The third-order valence-corrected chi connectivity index (χ3v) is 12.1. The lowest BCUT2D eigenvalue weighted by molar-refractivity contribution is 0.661. The van der Waals surface area contributed by atoms with Gasteiger partial charge in [0.2, 0.25) is 0 Å². The second-order valence-corrected chi connectivity index (χ2v) is 15.2. The lowest BCUT2D eigenvalue weighted by atomic mass is 9.67. The molecule has 0 unspecified atom stereocenters. The molecule has 1 aromatic heterocycles. The van der Waals surface area contributed by atoms with Crippen LogP contribution in [0.15, 0.2) is 192 Å². The minimum atomic E-state index is -0.515. The molecular formula is C52H37NO. The number of rotatable bonds is 5. The fraction of sp³-hybridized carbons (Fsp3) is 0.0769. The monoisotopic (exact) mass is 691 g/mol. The van der Waals surface area contributed by atoms with Gasteiger partial charge in [-0.15, -0.1) is 0 Å². The summed E-state index contributed by atoms with van der Waals surface area (Å²) in [5, 5.41) is 2.22. The van der Waals surface area contributed by atoms with Crippen molar-refractivity contribution in [1.82, 2.24) is 0 Å². The van der Waals surface area contributed by atoms with Crippen LogP contribution in [0.2, 0.25) is 0 Å². The van der Waals surface area contributed by atoms with Crippen molar-refractivity contribution in [3.05, 3.63) is 221 Å². The van der Waals surface area contributed by atoms with Gasteiger partial charge in [-0.25, -0.2) is 0 Å². The maximum atomic E-state index is 6.54. The van der Waals surface area contributed by atoms with Crippen molar-refractivity contribution in [2.24, 2.45) is 0 Å². The molecule has 0 saturated carbocycles. The third-order valence-electron chi connectivity index (χ3n) is 12.1. The van der Waals surface area contributed by atoms with E-state index in [1.165, 1.54) is 61.3 Å². The summed E-state index contributed by atoms with van der Waals surface area (Å²) in [7, 11) is 0. The first-order valence-corrected chi connectivity index (χ1v) is 18.9. The molecule has 256 valence electrons. The predicted molar refractivity (Wildman–Crippen MR) is 223 cm³/mol. The summed E-state index contributed by atoms with van der Waals surface area (Å²) in [6.45, 7) is 4.75. The molecule has 9 aromatic rings. The lowest BCUT2D eigenvalue weighted by Gasteiger charge is -2.36. The van der Waals surface area contributed by atoms with Crippen LogP contribution in [-0.4, -0.2) is 0 Å². The maximum absolute atomic E-state index is 6.54.